The van der Waals surface area contributed by atoms with Crippen LogP contribution in [0.1, 0.15) is 5.56 Å². The normalized spacial score (nSPS) is 11.7. The summed E-state index contributed by atoms with van der Waals surface area (Å²) in [7, 11) is 0. The van der Waals surface area contributed by atoms with E-state index in [0.717, 1.165) is 66.4 Å². The molecule has 0 N–H and O–H groups in total. The number of hydrogen-bond donors (Lipinski definition) is 0. The van der Waals surface area contributed by atoms with Gasteiger partial charge in [-0.1, -0.05) is 146 Å². The van der Waals surface area contributed by atoms with Crippen molar-refractivity contribution in [1.29, 1.82) is 0 Å². The first kappa shape index (κ1) is 28.4. The highest BCUT2D eigenvalue weighted by Crippen LogP contribution is 2.43. The number of fused-ring (bicyclic) bond motifs is 8. The van der Waals surface area contributed by atoms with Crippen LogP contribution in [-0.2, 0) is 0 Å². The van der Waals surface area contributed by atoms with E-state index in [-0.39, 0.29) is 0 Å². The zero-order valence-electron chi connectivity index (χ0n) is 27.4. The Morgan fingerprint density at radius 2 is 1.04 bits per heavy atom. The van der Waals surface area contributed by atoms with E-state index in [4.69, 9.17) is 14.4 Å². The third-order valence-corrected chi connectivity index (χ3v) is 10.0. The number of aromatic nitrogens is 2. The van der Waals surface area contributed by atoms with Crippen molar-refractivity contribution in [3.05, 3.63) is 169 Å². The summed E-state index contributed by atoms with van der Waals surface area (Å²) in [4.78, 5) is 10.6. The molecule has 0 unspecified atom stereocenters. The minimum Gasteiger partial charge on any atom is -0.455 e. The van der Waals surface area contributed by atoms with Gasteiger partial charge in [0, 0.05) is 38.4 Å². The van der Waals surface area contributed by atoms with Gasteiger partial charge in [0.1, 0.15) is 11.2 Å². The second kappa shape index (κ2) is 11.3. The van der Waals surface area contributed by atoms with Gasteiger partial charge in [0.15, 0.2) is 5.82 Å². The minimum absolute atomic E-state index is 0.700. The van der Waals surface area contributed by atoms with Crippen molar-refractivity contribution >= 4 is 54.3 Å². The summed E-state index contributed by atoms with van der Waals surface area (Å²) in [6.07, 6.45) is 0. The van der Waals surface area contributed by atoms with E-state index in [1.54, 1.807) is 0 Å². The molecule has 10 aromatic rings. The first-order valence-electron chi connectivity index (χ1n) is 17.0. The summed E-state index contributed by atoms with van der Waals surface area (Å²) >= 11 is 0. The maximum Gasteiger partial charge on any atom is 0.160 e. The van der Waals surface area contributed by atoms with E-state index in [2.05, 4.69) is 153 Å². The monoisotopic (exact) mass is 638 g/mol. The molecule has 0 bridgehead atoms. The smallest absolute Gasteiger partial charge is 0.160 e. The van der Waals surface area contributed by atoms with E-state index in [1.807, 2.05) is 18.2 Å². The van der Waals surface area contributed by atoms with Crippen LogP contribution in [0.3, 0.4) is 0 Å². The zero-order chi connectivity index (χ0) is 33.2. The molecular weight excluding hydrogens is 609 g/mol. The van der Waals surface area contributed by atoms with Gasteiger partial charge < -0.3 is 4.42 Å². The molecular formula is C47H30N2O. The maximum absolute atomic E-state index is 6.62. The van der Waals surface area contributed by atoms with Crippen LogP contribution in [0.2, 0.25) is 0 Å². The van der Waals surface area contributed by atoms with Gasteiger partial charge in [-0.05, 0) is 63.2 Å². The summed E-state index contributed by atoms with van der Waals surface area (Å²) in [5.41, 5.74) is 10.1. The molecule has 0 aliphatic rings. The molecule has 0 saturated carbocycles. The molecule has 0 atom stereocenters. The van der Waals surface area contributed by atoms with Crippen LogP contribution in [0.25, 0.3) is 99.3 Å². The molecule has 3 heteroatoms. The van der Waals surface area contributed by atoms with Crippen LogP contribution < -0.4 is 0 Å². The topological polar surface area (TPSA) is 38.9 Å². The number of furan rings is 1. The number of benzene rings is 8. The zero-order valence-corrected chi connectivity index (χ0v) is 27.4. The quantitative estimate of drug-likeness (QED) is 0.193. The lowest BCUT2D eigenvalue weighted by Crippen LogP contribution is -2.01. The summed E-state index contributed by atoms with van der Waals surface area (Å²) in [6, 6.07) is 57.8. The molecule has 0 amide bonds. The van der Waals surface area contributed by atoms with Crippen LogP contribution in [0, 0.1) is 6.92 Å². The predicted molar refractivity (Wildman–Crippen MR) is 208 cm³/mol. The van der Waals surface area contributed by atoms with Crippen molar-refractivity contribution < 1.29 is 4.42 Å². The van der Waals surface area contributed by atoms with Crippen molar-refractivity contribution in [3.8, 4) is 45.0 Å². The van der Waals surface area contributed by atoms with Gasteiger partial charge in [-0.3, -0.25) is 0 Å². The molecule has 50 heavy (non-hydrogen) atoms. The van der Waals surface area contributed by atoms with E-state index >= 15 is 0 Å². The third-order valence-electron chi connectivity index (χ3n) is 10.0. The molecule has 8 aromatic carbocycles. The van der Waals surface area contributed by atoms with Gasteiger partial charge in [0.2, 0.25) is 0 Å². The molecule has 0 aliphatic heterocycles. The second-order valence-electron chi connectivity index (χ2n) is 13.0. The average molecular weight is 639 g/mol. The predicted octanol–water partition coefficient (Wildman–Crippen LogP) is 12.8. The van der Waals surface area contributed by atoms with Crippen LogP contribution in [-0.4, -0.2) is 9.97 Å². The molecule has 0 fully saturated rings. The van der Waals surface area contributed by atoms with Gasteiger partial charge in [0.25, 0.3) is 0 Å². The van der Waals surface area contributed by atoms with Gasteiger partial charge in [0.05, 0.1) is 11.4 Å². The standard InChI is InChI=1S/C47H30N2O/c1-29-44(33-22-19-31(20-23-33)36-24-21-30-11-5-6-15-35(30)27-36)48-47(34-13-3-2-4-14-34)49-45(29)40-28-41-43-37-16-8-7-12-32(37)25-26-42(43)50-46(41)39-18-10-9-17-38(39)40/h2-28H,1H3. The van der Waals surface area contributed by atoms with Crippen LogP contribution in [0.15, 0.2) is 168 Å². The van der Waals surface area contributed by atoms with Crippen LogP contribution >= 0.6 is 0 Å². The van der Waals surface area contributed by atoms with Gasteiger partial charge in [-0.25, -0.2) is 9.97 Å². The Morgan fingerprint density at radius 3 is 1.86 bits per heavy atom. The van der Waals surface area contributed by atoms with Crippen molar-refractivity contribution in [1.82, 2.24) is 9.97 Å². The fourth-order valence-electron chi connectivity index (χ4n) is 7.53. The van der Waals surface area contributed by atoms with Gasteiger partial charge in [-0.2, -0.15) is 0 Å². The Kier molecular flexibility index (Phi) is 6.40. The summed E-state index contributed by atoms with van der Waals surface area (Å²) in [5.74, 6) is 0.700. The molecule has 0 saturated heterocycles. The SMILES string of the molecule is Cc1c(-c2ccc(-c3ccc4ccccc4c3)cc2)nc(-c2ccccc2)nc1-c1cc2c(oc3ccc4ccccc4c32)c2ccccc12. The molecule has 234 valence electrons. The largest absolute Gasteiger partial charge is 0.455 e. The average Bonchev–Trinajstić information content (AvgIpc) is 3.57. The van der Waals surface area contributed by atoms with Crippen molar-refractivity contribution in [2.24, 2.45) is 0 Å². The van der Waals surface area contributed by atoms with E-state index in [1.165, 1.54) is 32.7 Å². The third kappa shape index (κ3) is 4.52. The molecule has 10 rings (SSSR count). The van der Waals surface area contributed by atoms with Crippen molar-refractivity contribution in [3.63, 3.8) is 0 Å². The Hall–Kier alpha value is -6.58. The fraction of sp³-hybridized carbons (Fsp3) is 0.0213. The second-order valence-corrected chi connectivity index (χ2v) is 13.0. The van der Waals surface area contributed by atoms with Crippen LogP contribution in [0.4, 0.5) is 0 Å². The van der Waals surface area contributed by atoms with E-state index in [9.17, 15) is 0 Å². The van der Waals surface area contributed by atoms with E-state index < -0.39 is 0 Å². The molecule has 0 aliphatic carbocycles. The molecule has 3 nitrogen and oxygen atoms in total. The summed E-state index contributed by atoms with van der Waals surface area (Å²) in [5, 5.41) is 9.24. The molecule has 2 heterocycles. The summed E-state index contributed by atoms with van der Waals surface area (Å²) in [6.45, 7) is 2.15. The highest BCUT2D eigenvalue weighted by Gasteiger charge is 2.21. The summed E-state index contributed by atoms with van der Waals surface area (Å²) < 4.78 is 6.62. The highest BCUT2D eigenvalue weighted by atomic mass is 16.3. The first-order chi connectivity index (χ1) is 24.7. The van der Waals surface area contributed by atoms with Crippen molar-refractivity contribution in [2.45, 2.75) is 6.92 Å². The molecule has 2 aromatic heterocycles. The van der Waals surface area contributed by atoms with Crippen LogP contribution in [0.5, 0.6) is 0 Å². The van der Waals surface area contributed by atoms with Gasteiger partial charge in [-0.15, -0.1) is 0 Å². The fourth-order valence-corrected chi connectivity index (χ4v) is 7.53. The number of hydrogen-bond acceptors (Lipinski definition) is 3. The number of rotatable bonds is 4. The number of nitrogens with zero attached hydrogens (tertiary/aromatic N) is 2. The highest BCUT2D eigenvalue weighted by molar-refractivity contribution is 6.25. The Morgan fingerprint density at radius 1 is 0.420 bits per heavy atom. The lowest BCUT2D eigenvalue weighted by Gasteiger charge is -2.16. The van der Waals surface area contributed by atoms with Gasteiger partial charge >= 0.3 is 0 Å². The minimum atomic E-state index is 0.700. The van der Waals surface area contributed by atoms with Crippen molar-refractivity contribution in [2.75, 3.05) is 0 Å². The Balaban J connectivity index is 1.21. The first-order valence-corrected chi connectivity index (χ1v) is 17.0. The lowest BCUT2D eigenvalue weighted by atomic mass is 9.93. The molecule has 0 spiro atoms. The lowest BCUT2D eigenvalue weighted by molar-refractivity contribution is 0.673. The Labute approximate surface area is 289 Å². The van der Waals surface area contributed by atoms with E-state index in [0.29, 0.717) is 5.82 Å². The molecule has 0 radical (unpaired) electrons. The Bertz CT molecular complexity index is 2920. The maximum atomic E-state index is 6.62.